The van der Waals surface area contributed by atoms with Gasteiger partial charge < -0.3 is 5.32 Å². The molecule has 0 amide bonds. The number of nitrogens with one attached hydrogen (secondary N) is 1. The Hall–Kier alpha value is -0.770. The van der Waals surface area contributed by atoms with Gasteiger partial charge >= 0.3 is 0 Å². The molecule has 0 aliphatic carbocycles. The number of hydrogen-bond acceptors (Lipinski definition) is 2. The molecule has 1 N–H and O–H groups in total. The van der Waals surface area contributed by atoms with E-state index in [1.165, 1.54) is 16.0 Å². The molecule has 5 heteroatoms. The SMILES string of the molecule is CS1=C(C2C=CNC=N2)c2cc(Cl)c(Cl)cc2C1. The minimum absolute atomic E-state index is 0.123. The Bertz CT molecular complexity index is 593. The topological polar surface area (TPSA) is 24.4 Å². The van der Waals surface area contributed by atoms with Crippen LogP contribution in [0.25, 0.3) is 0 Å². The van der Waals surface area contributed by atoms with E-state index in [-0.39, 0.29) is 16.5 Å². The molecule has 1 aromatic rings. The van der Waals surface area contributed by atoms with Gasteiger partial charge in [0, 0.05) is 16.8 Å². The summed E-state index contributed by atoms with van der Waals surface area (Å²) in [4.78, 5) is 5.84. The average molecular weight is 299 g/mol. The van der Waals surface area contributed by atoms with Gasteiger partial charge in [-0.25, -0.2) is 0 Å². The molecule has 1 aromatic carbocycles. The van der Waals surface area contributed by atoms with Gasteiger partial charge in [0.25, 0.3) is 0 Å². The van der Waals surface area contributed by atoms with Crippen molar-refractivity contribution in [3.8, 4) is 0 Å². The van der Waals surface area contributed by atoms with Crippen molar-refractivity contribution in [1.82, 2.24) is 5.32 Å². The van der Waals surface area contributed by atoms with E-state index < -0.39 is 0 Å². The van der Waals surface area contributed by atoms with Gasteiger partial charge in [-0.1, -0.05) is 23.2 Å². The summed E-state index contributed by atoms with van der Waals surface area (Å²) >= 11 is 12.2. The molecule has 18 heavy (non-hydrogen) atoms. The highest BCUT2D eigenvalue weighted by Gasteiger charge is 2.25. The fourth-order valence-corrected chi connectivity index (χ4v) is 4.65. The zero-order valence-electron chi connectivity index (χ0n) is 9.78. The maximum atomic E-state index is 6.13. The minimum Gasteiger partial charge on any atom is -0.353 e. The quantitative estimate of drug-likeness (QED) is 0.789. The second-order valence-corrected chi connectivity index (χ2v) is 7.14. The van der Waals surface area contributed by atoms with E-state index in [4.69, 9.17) is 23.2 Å². The number of rotatable bonds is 1. The van der Waals surface area contributed by atoms with Crippen LogP contribution in [0.15, 0.2) is 29.4 Å². The maximum absolute atomic E-state index is 6.13. The summed E-state index contributed by atoms with van der Waals surface area (Å²) in [5.41, 5.74) is 2.51. The average Bonchev–Trinajstić information content (AvgIpc) is 2.66. The van der Waals surface area contributed by atoms with E-state index in [1.54, 1.807) is 6.34 Å². The smallest absolute Gasteiger partial charge is 0.102 e. The third-order valence-corrected chi connectivity index (χ3v) is 5.79. The normalized spacial score (nSPS) is 25.2. The number of nitrogens with zero attached hydrogens (tertiary/aromatic N) is 1. The van der Waals surface area contributed by atoms with Crippen molar-refractivity contribution < 1.29 is 0 Å². The van der Waals surface area contributed by atoms with E-state index in [1.807, 2.05) is 18.3 Å². The second-order valence-electron chi connectivity index (χ2n) is 4.32. The van der Waals surface area contributed by atoms with Gasteiger partial charge in [-0.2, -0.15) is 10.5 Å². The van der Waals surface area contributed by atoms with Crippen molar-refractivity contribution in [2.45, 2.75) is 11.8 Å². The van der Waals surface area contributed by atoms with Crippen molar-refractivity contribution in [3.63, 3.8) is 0 Å². The van der Waals surface area contributed by atoms with Crippen molar-refractivity contribution in [2.75, 3.05) is 6.26 Å². The highest BCUT2D eigenvalue weighted by Crippen LogP contribution is 2.38. The Labute approximate surface area is 119 Å². The van der Waals surface area contributed by atoms with E-state index in [2.05, 4.69) is 22.6 Å². The summed E-state index contributed by atoms with van der Waals surface area (Å²) in [6.07, 6.45) is 8.00. The lowest BCUT2D eigenvalue weighted by Gasteiger charge is -2.15. The monoisotopic (exact) mass is 298 g/mol. The standard InChI is InChI=1S/C13H12Cl2N2S/c1-18-6-8-4-10(14)11(15)5-9(8)13(18)12-2-3-16-7-17-12/h2-5,7,12H,6H2,1H3,(H,16,17). The number of aliphatic imine (C=N–C) groups is 1. The Kier molecular flexibility index (Phi) is 3.22. The first-order valence-electron chi connectivity index (χ1n) is 5.59. The van der Waals surface area contributed by atoms with Crippen LogP contribution in [0, 0.1) is 0 Å². The molecule has 2 aliphatic rings. The zero-order valence-corrected chi connectivity index (χ0v) is 12.1. The molecule has 2 aliphatic heterocycles. The number of benzene rings is 1. The third kappa shape index (κ3) is 2.00. The summed E-state index contributed by atoms with van der Waals surface area (Å²) in [6, 6.07) is 4.10. The van der Waals surface area contributed by atoms with Crippen LogP contribution in [0.4, 0.5) is 0 Å². The molecule has 0 saturated heterocycles. The molecule has 94 valence electrons. The summed E-state index contributed by atoms with van der Waals surface area (Å²) in [7, 11) is 0.185. The fraction of sp³-hybridized carbons (Fsp3) is 0.231. The van der Waals surface area contributed by atoms with Gasteiger partial charge in [-0.3, -0.25) is 4.99 Å². The predicted molar refractivity (Wildman–Crippen MR) is 82.3 cm³/mol. The lowest BCUT2D eigenvalue weighted by Crippen LogP contribution is -2.22. The number of fused-ring (bicyclic) bond motifs is 1. The molecule has 2 heterocycles. The van der Waals surface area contributed by atoms with Crippen molar-refractivity contribution >= 4 is 44.9 Å². The van der Waals surface area contributed by atoms with Crippen LogP contribution in [-0.4, -0.2) is 23.5 Å². The lowest BCUT2D eigenvalue weighted by molar-refractivity contribution is 1.04. The Balaban J connectivity index is 2.10. The Morgan fingerprint density at radius 2 is 2.11 bits per heavy atom. The van der Waals surface area contributed by atoms with Crippen molar-refractivity contribution in [2.24, 2.45) is 4.99 Å². The van der Waals surface area contributed by atoms with Gasteiger partial charge in [-0.15, -0.1) is 0 Å². The van der Waals surface area contributed by atoms with Crippen LogP contribution in [0.5, 0.6) is 0 Å². The van der Waals surface area contributed by atoms with Crippen LogP contribution in [0.3, 0.4) is 0 Å². The highest BCUT2D eigenvalue weighted by atomic mass is 35.5. The summed E-state index contributed by atoms with van der Waals surface area (Å²) in [5, 5.41) is 4.22. The molecule has 2 unspecified atom stereocenters. The number of hydrogen-bond donors (Lipinski definition) is 1. The first kappa shape index (κ1) is 12.3. The molecule has 0 radical (unpaired) electrons. The van der Waals surface area contributed by atoms with Crippen LogP contribution in [0.2, 0.25) is 10.0 Å². The van der Waals surface area contributed by atoms with E-state index >= 15 is 0 Å². The minimum atomic E-state index is 0.123. The summed E-state index contributed by atoms with van der Waals surface area (Å²) in [5.74, 6) is 1.04. The Morgan fingerprint density at radius 1 is 1.33 bits per heavy atom. The largest absolute Gasteiger partial charge is 0.353 e. The molecule has 0 bridgehead atoms. The van der Waals surface area contributed by atoms with E-state index in [0.29, 0.717) is 10.0 Å². The van der Waals surface area contributed by atoms with Crippen LogP contribution < -0.4 is 5.32 Å². The first-order chi connectivity index (χ1) is 8.66. The van der Waals surface area contributed by atoms with Gasteiger partial charge in [0.2, 0.25) is 0 Å². The zero-order chi connectivity index (χ0) is 12.7. The molecule has 0 spiro atoms. The third-order valence-electron chi connectivity index (χ3n) is 3.11. The molecule has 2 nitrogen and oxygen atoms in total. The van der Waals surface area contributed by atoms with Crippen LogP contribution in [0.1, 0.15) is 11.1 Å². The molecule has 0 aromatic heterocycles. The summed E-state index contributed by atoms with van der Waals surface area (Å²) in [6.45, 7) is 0. The lowest BCUT2D eigenvalue weighted by atomic mass is 10.0. The predicted octanol–water partition coefficient (Wildman–Crippen LogP) is 3.44. The molecule has 0 saturated carbocycles. The molecule has 0 fully saturated rings. The van der Waals surface area contributed by atoms with Gasteiger partial charge in [0.15, 0.2) is 0 Å². The maximum Gasteiger partial charge on any atom is 0.102 e. The van der Waals surface area contributed by atoms with Crippen LogP contribution >= 0.6 is 33.7 Å². The molecule has 3 rings (SSSR count). The van der Waals surface area contributed by atoms with Gasteiger partial charge in [0.1, 0.15) is 6.04 Å². The van der Waals surface area contributed by atoms with Crippen molar-refractivity contribution in [1.29, 1.82) is 0 Å². The number of halogens is 2. The Morgan fingerprint density at radius 3 is 2.83 bits per heavy atom. The molecular formula is C13H12Cl2N2S. The van der Waals surface area contributed by atoms with Gasteiger partial charge in [0.05, 0.1) is 16.4 Å². The first-order valence-corrected chi connectivity index (χ1v) is 8.14. The highest BCUT2D eigenvalue weighted by molar-refractivity contribution is 8.15. The van der Waals surface area contributed by atoms with E-state index in [9.17, 15) is 0 Å². The van der Waals surface area contributed by atoms with Gasteiger partial charge in [-0.05, 0) is 35.6 Å². The summed E-state index contributed by atoms with van der Waals surface area (Å²) < 4.78 is 0. The fourth-order valence-electron chi connectivity index (χ4n) is 2.32. The van der Waals surface area contributed by atoms with Crippen LogP contribution in [-0.2, 0) is 5.75 Å². The molecular weight excluding hydrogens is 287 g/mol. The van der Waals surface area contributed by atoms with Crippen molar-refractivity contribution in [3.05, 3.63) is 45.6 Å². The van der Waals surface area contributed by atoms with E-state index in [0.717, 1.165) is 5.75 Å². The molecule has 2 atom stereocenters. The second kappa shape index (κ2) is 4.72.